The molecule has 1 aromatic heterocycles. The smallest absolute Gasteiger partial charge is 0.0886 e. The summed E-state index contributed by atoms with van der Waals surface area (Å²) in [6, 6.07) is 10.3. The average molecular weight is 200 g/mol. The molecular formula is C12H12N2O. The van der Waals surface area contributed by atoms with E-state index in [-0.39, 0.29) is 6.61 Å². The van der Waals surface area contributed by atoms with Gasteiger partial charge in [0, 0.05) is 5.69 Å². The Morgan fingerprint density at radius 2 is 2.13 bits per heavy atom. The Labute approximate surface area is 88.0 Å². The normalized spacial score (nSPS) is 13.4. The van der Waals surface area contributed by atoms with Crippen molar-refractivity contribution in [2.75, 3.05) is 0 Å². The van der Waals surface area contributed by atoms with Crippen molar-refractivity contribution in [3.63, 3.8) is 0 Å². The lowest BCUT2D eigenvalue weighted by Crippen LogP contribution is -2.12. The van der Waals surface area contributed by atoms with Crippen LogP contribution in [0, 0.1) is 0 Å². The zero-order valence-electron chi connectivity index (χ0n) is 8.35. The first-order chi connectivity index (χ1) is 7.38. The lowest BCUT2D eigenvalue weighted by molar-refractivity contribution is 0.276. The molecule has 1 aliphatic heterocycles. The van der Waals surface area contributed by atoms with E-state index in [0.29, 0.717) is 0 Å². The Kier molecular flexibility index (Phi) is 1.86. The molecule has 0 bridgehead atoms. The van der Waals surface area contributed by atoms with Crippen LogP contribution in [0.1, 0.15) is 17.0 Å². The van der Waals surface area contributed by atoms with Gasteiger partial charge in [-0.15, -0.1) is 0 Å². The number of para-hydroxylation sites is 1. The lowest BCUT2D eigenvalue weighted by Gasteiger charge is -2.17. The van der Waals surface area contributed by atoms with Crippen LogP contribution in [0.25, 0.3) is 5.69 Å². The highest BCUT2D eigenvalue weighted by molar-refractivity contribution is 5.44. The van der Waals surface area contributed by atoms with Crippen molar-refractivity contribution in [2.24, 2.45) is 0 Å². The second kappa shape index (κ2) is 3.21. The van der Waals surface area contributed by atoms with Crippen LogP contribution in [0.4, 0.5) is 0 Å². The van der Waals surface area contributed by atoms with E-state index in [4.69, 9.17) is 5.11 Å². The minimum atomic E-state index is 0.0160. The Morgan fingerprint density at radius 1 is 1.27 bits per heavy atom. The average Bonchev–Trinajstić information content (AvgIpc) is 2.72. The Morgan fingerprint density at radius 3 is 3.00 bits per heavy atom. The molecule has 15 heavy (non-hydrogen) atoms. The van der Waals surface area contributed by atoms with Gasteiger partial charge in [-0.25, -0.2) is 4.68 Å². The largest absolute Gasteiger partial charge is 0.390 e. The number of aliphatic hydroxyl groups excluding tert-OH is 1. The summed E-state index contributed by atoms with van der Waals surface area (Å²) >= 11 is 0. The molecule has 0 fully saturated rings. The SMILES string of the molecule is OCc1cc2n(n1)-c1ccccc1CC2. The van der Waals surface area contributed by atoms with Gasteiger partial charge in [0.15, 0.2) is 0 Å². The summed E-state index contributed by atoms with van der Waals surface area (Å²) in [5, 5.41) is 13.4. The van der Waals surface area contributed by atoms with Crippen molar-refractivity contribution in [2.45, 2.75) is 19.4 Å². The highest BCUT2D eigenvalue weighted by Crippen LogP contribution is 2.24. The third-order valence-corrected chi connectivity index (χ3v) is 2.87. The van der Waals surface area contributed by atoms with E-state index in [1.807, 2.05) is 16.8 Å². The van der Waals surface area contributed by atoms with E-state index in [1.54, 1.807) is 0 Å². The molecule has 3 rings (SSSR count). The van der Waals surface area contributed by atoms with Crippen LogP contribution < -0.4 is 0 Å². The first kappa shape index (κ1) is 8.68. The number of benzene rings is 1. The molecule has 76 valence electrons. The van der Waals surface area contributed by atoms with Gasteiger partial charge in [0.2, 0.25) is 0 Å². The van der Waals surface area contributed by atoms with Gasteiger partial charge in [0.1, 0.15) is 0 Å². The first-order valence-electron chi connectivity index (χ1n) is 5.15. The molecule has 1 N–H and O–H groups in total. The van der Waals surface area contributed by atoms with Crippen LogP contribution in [0.5, 0.6) is 0 Å². The van der Waals surface area contributed by atoms with Crippen molar-refractivity contribution >= 4 is 0 Å². The Bertz CT molecular complexity index is 502. The van der Waals surface area contributed by atoms with Crippen LogP contribution in [0.15, 0.2) is 30.3 Å². The fraction of sp³-hybridized carbons (Fsp3) is 0.250. The fourth-order valence-corrected chi connectivity index (χ4v) is 2.13. The number of rotatable bonds is 1. The molecule has 1 aromatic carbocycles. The third kappa shape index (κ3) is 1.27. The number of hydrogen-bond donors (Lipinski definition) is 1. The molecule has 2 aromatic rings. The molecule has 0 saturated heterocycles. The molecular weight excluding hydrogens is 188 g/mol. The van der Waals surface area contributed by atoms with Gasteiger partial charge >= 0.3 is 0 Å². The number of aromatic nitrogens is 2. The standard InChI is InChI=1S/C12H12N2O/c15-8-10-7-11-6-5-9-3-1-2-4-12(9)14(11)13-10/h1-4,7,15H,5-6,8H2. The second-order valence-corrected chi connectivity index (χ2v) is 3.83. The van der Waals surface area contributed by atoms with Gasteiger partial charge in [-0.3, -0.25) is 0 Å². The summed E-state index contributed by atoms with van der Waals surface area (Å²) in [5.74, 6) is 0. The van der Waals surface area contributed by atoms with Gasteiger partial charge in [-0.2, -0.15) is 5.10 Å². The molecule has 1 aliphatic rings. The third-order valence-electron chi connectivity index (χ3n) is 2.87. The maximum atomic E-state index is 9.06. The molecule has 0 saturated carbocycles. The van der Waals surface area contributed by atoms with Crippen molar-refractivity contribution in [1.82, 2.24) is 9.78 Å². The number of aliphatic hydroxyl groups is 1. The quantitative estimate of drug-likeness (QED) is 0.756. The van der Waals surface area contributed by atoms with Crippen molar-refractivity contribution in [1.29, 1.82) is 0 Å². The molecule has 3 nitrogen and oxygen atoms in total. The molecule has 0 aliphatic carbocycles. The van der Waals surface area contributed by atoms with Crippen molar-refractivity contribution in [3.8, 4) is 5.69 Å². The fourth-order valence-electron chi connectivity index (χ4n) is 2.13. The Balaban J connectivity index is 2.20. The highest BCUT2D eigenvalue weighted by atomic mass is 16.3. The van der Waals surface area contributed by atoms with Crippen LogP contribution in [-0.2, 0) is 19.4 Å². The summed E-state index contributed by atoms with van der Waals surface area (Å²) in [6.45, 7) is 0.0160. The molecule has 0 unspecified atom stereocenters. The molecule has 3 heteroatoms. The topological polar surface area (TPSA) is 38.0 Å². The zero-order valence-corrected chi connectivity index (χ0v) is 8.35. The Hall–Kier alpha value is -1.61. The molecule has 0 amide bonds. The van der Waals surface area contributed by atoms with Gasteiger partial charge in [0.25, 0.3) is 0 Å². The number of fused-ring (bicyclic) bond motifs is 3. The van der Waals surface area contributed by atoms with Crippen LogP contribution in [0.3, 0.4) is 0 Å². The number of hydrogen-bond acceptors (Lipinski definition) is 2. The van der Waals surface area contributed by atoms with E-state index in [2.05, 4.69) is 23.3 Å². The summed E-state index contributed by atoms with van der Waals surface area (Å²) in [7, 11) is 0. The van der Waals surface area contributed by atoms with Crippen LogP contribution in [0.2, 0.25) is 0 Å². The van der Waals surface area contributed by atoms with E-state index in [1.165, 1.54) is 11.3 Å². The van der Waals surface area contributed by atoms with Gasteiger partial charge in [0.05, 0.1) is 18.0 Å². The minimum Gasteiger partial charge on any atom is -0.390 e. The van der Waals surface area contributed by atoms with Crippen molar-refractivity contribution < 1.29 is 5.11 Å². The maximum absolute atomic E-state index is 9.06. The van der Waals surface area contributed by atoms with Crippen LogP contribution in [-0.4, -0.2) is 14.9 Å². The van der Waals surface area contributed by atoms with E-state index >= 15 is 0 Å². The molecule has 0 radical (unpaired) electrons. The first-order valence-corrected chi connectivity index (χ1v) is 5.15. The summed E-state index contributed by atoms with van der Waals surface area (Å²) < 4.78 is 1.95. The zero-order chi connectivity index (χ0) is 10.3. The predicted molar refractivity (Wildman–Crippen MR) is 56.9 cm³/mol. The van der Waals surface area contributed by atoms with Gasteiger partial charge < -0.3 is 5.11 Å². The molecule has 0 spiro atoms. The monoisotopic (exact) mass is 200 g/mol. The van der Waals surface area contributed by atoms with E-state index in [9.17, 15) is 0 Å². The number of aryl methyl sites for hydroxylation is 2. The highest BCUT2D eigenvalue weighted by Gasteiger charge is 2.16. The maximum Gasteiger partial charge on any atom is 0.0886 e. The minimum absolute atomic E-state index is 0.0160. The van der Waals surface area contributed by atoms with Crippen molar-refractivity contribution in [3.05, 3.63) is 47.3 Å². The predicted octanol–water partition coefficient (Wildman–Crippen LogP) is 1.46. The summed E-state index contributed by atoms with van der Waals surface area (Å²) in [4.78, 5) is 0. The number of nitrogens with zero attached hydrogens (tertiary/aromatic N) is 2. The van der Waals surface area contributed by atoms with E-state index in [0.717, 1.165) is 24.2 Å². The molecule has 0 atom stereocenters. The summed E-state index contributed by atoms with van der Waals surface area (Å²) in [6.07, 6.45) is 2.07. The second-order valence-electron chi connectivity index (χ2n) is 3.83. The van der Waals surface area contributed by atoms with E-state index < -0.39 is 0 Å². The van der Waals surface area contributed by atoms with Gasteiger partial charge in [-0.05, 0) is 30.5 Å². The lowest BCUT2D eigenvalue weighted by atomic mass is 10.0. The van der Waals surface area contributed by atoms with Gasteiger partial charge in [-0.1, -0.05) is 18.2 Å². The summed E-state index contributed by atoms with van der Waals surface area (Å²) in [5.41, 5.74) is 4.43. The molecule has 2 heterocycles. The van der Waals surface area contributed by atoms with Crippen LogP contribution >= 0.6 is 0 Å².